The van der Waals surface area contributed by atoms with Crippen LogP contribution in [0, 0.1) is 0 Å². The first-order valence-electron chi connectivity index (χ1n) is 6.44. The minimum Gasteiger partial charge on any atom is -0.379 e. The fraction of sp³-hybridized carbons (Fsp3) is 0.571. The molecule has 1 aromatic rings. The molecule has 3 nitrogen and oxygen atoms in total. The molecule has 1 heterocycles. The summed E-state index contributed by atoms with van der Waals surface area (Å²) in [7, 11) is 0. The summed E-state index contributed by atoms with van der Waals surface area (Å²) in [6.45, 7) is 8.27. The summed E-state index contributed by atoms with van der Waals surface area (Å²) < 4.78 is 5.33. The molecule has 3 heteroatoms. The van der Waals surface area contributed by atoms with Crippen LogP contribution >= 0.6 is 0 Å². The molecular formula is C14H22N2O. The largest absolute Gasteiger partial charge is 0.379 e. The molecule has 0 saturated carbocycles. The van der Waals surface area contributed by atoms with Gasteiger partial charge in [-0.2, -0.15) is 0 Å². The van der Waals surface area contributed by atoms with Crippen molar-refractivity contribution in [3.63, 3.8) is 0 Å². The zero-order chi connectivity index (χ0) is 11.9. The van der Waals surface area contributed by atoms with Gasteiger partial charge >= 0.3 is 0 Å². The summed E-state index contributed by atoms with van der Waals surface area (Å²) in [5.74, 6) is 0. The van der Waals surface area contributed by atoms with E-state index in [9.17, 15) is 0 Å². The van der Waals surface area contributed by atoms with Gasteiger partial charge in [0.2, 0.25) is 0 Å². The molecule has 0 unspecified atom stereocenters. The van der Waals surface area contributed by atoms with E-state index in [-0.39, 0.29) is 0 Å². The highest BCUT2D eigenvalue weighted by Gasteiger charge is 2.10. The average Bonchev–Trinajstić information content (AvgIpc) is 2.41. The molecule has 17 heavy (non-hydrogen) atoms. The maximum Gasteiger partial charge on any atom is 0.0594 e. The Hall–Kier alpha value is -0.900. The van der Waals surface area contributed by atoms with E-state index >= 15 is 0 Å². The Morgan fingerprint density at radius 3 is 2.65 bits per heavy atom. The molecule has 1 N–H and O–H groups in total. The minimum absolute atomic E-state index is 0.428. The SMILES string of the molecule is C[C@H](NCCN1CCOCC1)c1ccccc1. The summed E-state index contributed by atoms with van der Waals surface area (Å²) in [4.78, 5) is 2.45. The number of hydrogen-bond donors (Lipinski definition) is 1. The van der Waals surface area contributed by atoms with E-state index in [0.29, 0.717) is 6.04 Å². The van der Waals surface area contributed by atoms with Gasteiger partial charge in [0.25, 0.3) is 0 Å². The maximum atomic E-state index is 5.33. The number of nitrogens with zero attached hydrogens (tertiary/aromatic N) is 1. The quantitative estimate of drug-likeness (QED) is 0.838. The van der Waals surface area contributed by atoms with E-state index in [0.717, 1.165) is 39.4 Å². The van der Waals surface area contributed by atoms with E-state index in [1.165, 1.54) is 5.56 Å². The molecule has 1 fully saturated rings. The van der Waals surface area contributed by atoms with E-state index < -0.39 is 0 Å². The Balaban J connectivity index is 1.67. The Bertz CT molecular complexity index is 309. The first-order chi connectivity index (χ1) is 8.36. The number of benzene rings is 1. The third-order valence-electron chi connectivity index (χ3n) is 3.28. The summed E-state index contributed by atoms with van der Waals surface area (Å²) >= 11 is 0. The van der Waals surface area contributed by atoms with Gasteiger partial charge in [-0.05, 0) is 12.5 Å². The van der Waals surface area contributed by atoms with E-state index in [1.54, 1.807) is 0 Å². The summed E-state index contributed by atoms with van der Waals surface area (Å²) in [5.41, 5.74) is 1.36. The number of ether oxygens (including phenoxy) is 1. The maximum absolute atomic E-state index is 5.33. The highest BCUT2D eigenvalue weighted by Crippen LogP contribution is 2.10. The standard InChI is InChI=1S/C14H22N2O/c1-13(14-5-3-2-4-6-14)15-7-8-16-9-11-17-12-10-16/h2-6,13,15H,7-12H2,1H3/t13-/m0/s1. The van der Waals surface area contributed by atoms with Gasteiger partial charge in [-0.15, -0.1) is 0 Å². The van der Waals surface area contributed by atoms with Crippen molar-refractivity contribution in [1.82, 2.24) is 10.2 Å². The highest BCUT2D eigenvalue weighted by atomic mass is 16.5. The van der Waals surface area contributed by atoms with Crippen LogP contribution in [0.3, 0.4) is 0 Å². The molecule has 0 aliphatic carbocycles. The molecule has 1 aliphatic rings. The van der Waals surface area contributed by atoms with Crippen LogP contribution in [0.5, 0.6) is 0 Å². The second-order valence-corrected chi connectivity index (χ2v) is 4.54. The lowest BCUT2D eigenvalue weighted by Gasteiger charge is -2.27. The first kappa shape index (κ1) is 12.6. The molecule has 0 spiro atoms. The van der Waals surface area contributed by atoms with Gasteiger partial charge < -0.3 is 10.1 Å². The monoisotopic (exact) mass is 234 g/mol. The minimum atomic E-state index is 0.428. The van der Waals surface area contributed by atoms with Crippen molar-refractivity contribution in [3.05, 3.63) is 35.9 Å². The summed E-state index contributed by atoms with van der Waals surface area (Å²) in [5, 5.41) is 3.56. The zero-order valence-electron chi connectivity index (χ0n) is 10.6. The molecule has 0 amide bonds. The van der Waals surface area contributed by atoms with E-state index in [1.807, 2.05) is 0 Å². The smallest absolute Gasteiger partial charge is 0.0594 e. The molecule has 1 aliphatic heterocycles. The Labute approximate surface area is 104 Å². The summed E-state index contributed by atoms with van der Waals surface area (Å²) in [6.07, 6.45) is 0. The lowest BCUT2D eigenvalue weighted by molar-refractivity contribution is 0.0382. The van der Waals surface area contributed by atoms with Crippen molar-refractivity contribution in [2.24, 2.45) is 0 Å². The highest BCUT2D eigenvalue weighted by molar-refractivity contribution is 5.17. The van der Waals surface area contributed by atoms with Crippen LogP contribution in [0.15, 0.2) is 30.3 Å². The Morgan fingerprint density at radius 1 is 1.24 bits per heavy atom. The van der Waals surface area contributed by atoms with Crippen LogP contribution in [0.1, 0.15) is 18.5 Å². The topological polar surface area (TPSA) is 24.5 Å². The van der Waals surface area contributed by atoms with Crippen LogP contribution in [0.4, 0.5) is 0 Å². The number of morpholine rings is 1. The number of hydrogen-bond acceptors (Lipinski definition) is 3. The second kappa shape index (κ2) is 6.74. The van der Waals surface area contributed by atoms with E-state index in [2.05, 4.69) is 47.5 Å². The van der Waals surface area contributed by atoms with Crippen molar-refractivity contribution in [3.8, 4) is 0 Å². The van der Waals surface area contributed by atoms with Gasteiger partial charge in [-0.1, -0.05) is 30.3 Å². The van der Waals surface area contributed by atoms with Crippen molar-refractivity contribution in [2.45, 2.75) is 13.0 Å². The van der Waals surface area contributed by atoms with Crippen LogP contribution in [-0.4, -0.2) is 44.3 Å². The van der Waals surface area contributed by atoms with Crippen LogP contribution < -0.4 is 5.32 Å². The van der Waals surface area contributed by atoms with E-state index in [4.69, 9.17) is 4.74 Å². The molecule has 94 valence electrons. The Kier molecular flexibility index (Phi) is 4.98. The predicted molar refractivity (Wildman–Crippen MR) is 70.1 cm³/mol. The fourth-order valence-electron chi connectivity index (χ4n) is 2.12. The molecule has 0 bridgehead atoms. The zero-order valence-corrected chi connectivity index (χ0v) is 10.6. The van der Waals surface area contributed by atoms with Gasteiger partial charge in [0.15, 0.2) is 0 Å². The number of rotatable bonds is 5. The lowest BCUT2D eigenvalue weighted by Crippen LogP contribution is -2.40. The van der Waals surface area contributed by atoms with Gasteiger partial charge in [-0.3, -0.25) is 4.90 Å². The molecule has 1 atom stereocenters. The molecule has 1 aromatic carbocycles. The van der Waals surface area contributed by atoms with Gasteiger partial charge in [0.05, 0.1) is 13.2 Å². The molecule has 2 rings (SSSR count). The van der Waals surface area contributed by atoms with Gasteiger partial charge in [0, 0.05) is 32.2 Å². The third kappa shape index (κ3) is 4.11. The molecule has 0 radical (unpaired) electrons. The summed E-state index contributed by atoms with van der Waals surface area (Å²) in [6, 6.07) is 11.0. The van der Waals surface area contributed by atoms with Crippen LogP contribution in [0.25, 0.3) is 0 Å². The molecular weight excluding hydrogens is 212 g/mol. The normalized spacial score (nSPS) is 19.1. The van der Waals surface area contributed by atoms with Crippen molar-refractivity contribution >= 4 is 0 Å². The Morgan fingerprint density at radius 2 is 1.94 bits per heavy atom. The second-order valence-electron chi connectivity index (χ2n) is 4.54. The van der Waals surface area contributed by atoms with Crippen molar-refractivity contribution < 1.29 is 4.74 Å². The third-order valence-corrected chi connectivity index (χ3v) is 3.28. The lowest BCUT2D eigenvalue weighted by atomic mass is 10.1. The average molecular weight is 234 g/mol. The molecule has 1 saturated heterocycles. The van der Waals surface area contributed by atoms with Crippen molar-refractivity contribution in [2.75, 3.05) is 39.4 Å². The van der Waals surface area contributed by atoms with Gasteiger partial charge in [-0.25, -0.2) is 0 Å². The van der Waals surface area contributed by atoms with Crippen LogP contribution in [-0.2, 0) is 4.74 Å². The van der Waals surface area contributed by atoms with Gasteiger partial charge in [0.1, 0.15) is 0 Å². The van der Waals surface area contributed by atoms with Crippen LogP contribution in [0.2, 0.25) is 0 Å². The van der Waals surface area contributed by atoms with Crippen molar-refractivity contribution in [1.29, 1.82) is 0 Å². The predicted octanol–water partition coefficient (Wildman–Crippen LogP) is 1.67. The molecule has 0 aromatic heterocycles. The fourth-order valence-corrected chi connectivity index (χ4v) is 2.12. The number of nitrogens with one attached hydrogen (secondary N) is 1. The first-order valence-corrected chi connectivity index (χ1v) is 6.44.